The van der Waals surface area contributed by atoms with Gasteiger partial charge in [0.05, 0.1) is 6.61 Å². The monoisotopic (exact) mass is 312 g/mol. The zero-order valence-corrected chi connectivity index (χ0v) is 14.5. The van der Waals surface area contributed by atoms with E-state index in [1.807, 2.05) is 12.1 Å². The van der Waals surface area contributed by atoms with E-state index in [1.54, 1.807) is 0 Å². The van der Waals surface area contributed by atoms with E-state index >= 15 is 0 Å². The molecule has 0 fully saturated rings. The van der Waals surface area contributed by atoms with Gasteiger partial charge in [-0.25, -0.2) is 0 Å². The molecular weight excluding hydrogens is 284 g/mol. The summed E-state index contributed by atoms with van der Waals surface area (Å²) in [7, 11) is 0. The molecule has 0 heterocycles. The number of aryl methyl sites for hydroxylation is 2. The molecule has 2 aromatic rings. The first-order chi connectivity index (χ1) is 11.2. The minimum Gasteiger partial charge on any atom is -0.494 e. The first-order valence-electron chi connectivity index (χ1n) is 8.53. The lowest BCUT2D eigenvalue weighted by atomic mass is 10.1. The van der Waals surface area contributed by atoms with Gasteiger partial charge in [-0.05, 0) is 43.0 Å². The molecule has 0 spiro atoms. The van der Waals surface area contributed by atoms with E-state index in [2.05, 4.69) is 61.7 Å². The van der Waals surface area contributed by atoms with Gasteiger partial charge in [0.1, 0.15) is 5.75 Å². The van der Waals surface area contributed by atoms with Gasteiger partial charge >= 0.3 is 0 Å². The molecule has 0 aliphatic heterocycles. The van der Waals surface area contributed by atoms with Gasteiger partial charge in [0.25, 0.3) is 0 Å². The van der Waals surface area contributed by atoms with Gasteiger partial charge in [-0.15, -0.1) is 0 Å². The van der Waals surface area contributed by atoms with E-state index in [0.717, 1.165) is 44.0 Å². The highest BCUT2D eigenvalue weighted by Gasteiger charge is 2.03. The van der Waals surface area contributed by atoms with Crippen LogP contribution in [-0.4, -0.2) is 19.7 Å². The lowest BCUT2D eigenvalue weighted by Crippen LogP contribution is -2.15. The summed E-state index contributed by atoms with van der Waals surface area (Å²) in [4.78, 5) is 0. The highest BCUT2D eigenvalue weighted by atomic mass is 16.5. The maximum Gasteiger partial charge on any atom is 0.121 e. The van der Waals surface area contributed by atoms with Gasteiger partial charge in [0.15, 0.2) is 0 Å². The van der Waals surface area contributed by atoms with Crippen LogP contribution in [0.3, 0.4) is 0 Å². The van der Waals surface area contributed by atoms with E-state index in [0.29, 0.717) is 0 Å². The van der Waals surface area contributed by atoms with Crippen molar-refractivity contribution < 1.29 is 4.74 Å². The summed E-state index contributed by atoms with van der Waals surface area (Å²) in [6.07, 6.45) is 2.08. The van der Waals surface area contributed by atoms with Crippen molar-refractivity contribution in [2.24, 2.45) is 0 Å². The van der Waals surface area contributed by atoms with Gasteiger partial charge in [0, 0.05) is 30.5 Å². The van der Waals surface area contributed by atoms with Crippen LogP contribution < -0.4 is 15.4 Å². The minimum atomic E-state index is 0.762. The summed E-state index contributed by atoms with van der Waals surface area (Å²) in [5, 5.41) is 7.00. The van der Waals surface area contributed by atoms with Gasteiger partial charge in [0.2, 0.25) is 0 Å². The fourth-order valence-corrected chi connectivity index (χ4v) is 2.59. The Bertz CT molecular complexity index is 610. The molecule has 2 rings (SSSR count). The smallest absolute Gasteiger partial charge is 0.121 e. The Labute approximate surface area is 140 Å². The Balaban J connectivity index is 1.84. The number of para-hydroxylation sites is 1. The number of ether oxygens (including phenoxy) is 1. The number of hydrogen-bond acceptors (Lipinski definition) is 3. The van der Waals surface area contributed by atoms with E-state index in [-0.39, 0.29) is 0 Å². The normalized spacial score (nSPS) is 10.4. The Morgan fingerprint density at radius 2 is 1.74 bits per heavy atom. The van der Waals surface area contributed by atoms with E-state index < -0.39 is 0 Å². The van der Waals surface area contributed by atoms with Crippen LogP contribution in [0.25, 0.3) is 0 Å². The topological polar surface area (TPSA) is 33.3 Å². The molecule has 0 aliphatic rings. The maximum absolute atomic E-state index is 5.66. The molecular formula is C20H28N2O. The van der Waals surface area contributed by atoms with Crippen LogP contribution in [-0.2, 0) is 6.42 Å². The average Bonchev–Trinajstić information content (AvgIpc) is 2.58. The SMILES string of the molecule is CCCOc1cccc(NCCNc2c(C)cccc2CC)c1. The van der Waals surface area contributed by atoms with Crippen molar-refractivity contribution >= 4 is 11.4 Å². The molecule has 0 unspecified atom stereocenters. The van der Waals surface area contributed by atoms with Gasteiger partial charge in [-0.2, -0.15) is 0 Å². The highest BCUT2D eigenvalue weighted by molar-refractivity contribution is 5.57. The fraction of sp³-hybridized carbons (Fsp3) is 0.400. The summed E-state index contributed by atoms with van der Waals surface area (Å²) in [6, 6.07) is 14.6. The molecule has 0 radical (unpaired) electrons. The molecule has 124 valence electrons. The Morgan fingerprint density at radius 1 is 0.957 bits per heavy atom. The standard InChI is InChI=1S/C20H28N2O/c1-4-14-23-19-11-7-10-18(15-19)21-12-13-22-20-16(3)8-6-9-17(20)5-2/h6-11,15,21-22H,4-5,12-14H2,1-3H3. The second-order valence-electron chi connectivity index (χ2n) is 5.69. The maximum atomic E-state index is 5.66. The zero-order chi connectivity index (χ0) is 16.5. The van der Waals surface area contributed by atoms with Crippen molar-refractivity contribution in [3.8, 4) is 5.75 Å². The van der Waals surface area contributed by atoms with E-state index in [1.165, 1.54) is 16.8 Å². The van der Waals surface area contributed by atoms with Crippen molar-refractivity contribution in [1.82, 2.24) is 0 Å². The van der Waals surface area contributed by atoms with Gasteiger partial charge < -0.3 is 15.4 Å². The lowest BCUT2D eigenvalue weighted by molar-refractivity contribution is 0.317. The van der Waals surface area contributed by atoms with Crippen LogP contribution in [0.2, 0.25) is 0 Å². The highest BCUT2D eigenvalue weighted by Crippen LogP contribution is 2.21. The quantitative estimate of drug-likeness (QED) is 0.648. The van der Waals surface area contributed by atoms with E-state index in [9.17, 15) is 0 Å². The predicted molar refractivity (Wildman–Crippen MR) is 99.8 cm³/mol. The number of nitrogens with one attached hydrogen (secondary N) is 2. The number of hydrogen-bond donors (Lipinski definition) is 2. The molecule has 0 saturated carbocycles. The Hall–Kier alpha value is -2.16. The van der Waals surface area contributed by atoms with Crippen molar-refractivity contribution in [3.05, 3.63) is 53.6 Å². The number of rotatable bonds is 9. The molecule has 0 aromatic heterocycles. The predicted octanol–water partition coefficient (Wildman–Crippen LogP) is 4.87. The zero-order valence-electron chi connectivity index (χ0n) is 14.5. The molecule has 0 atom stereocenters. The molecule has 3 nitrogen and oxygen atoms in total. The molecule has 0 saturated heterocycles. The van der Waals surface area contributed by atoms with Gasteiger partial charge in [-0.1, -0.05) is 38.1 Å². The lowest BCUT2D eigenvalue weighted by Gasteiger charge is -2.15. The molecule has 2 aromatic carbocycles. The molecule has 0 bridgehead atoms. The average molecular weight is 312 g/mol. The number of anilines is 2. The Morgan fingerprint density at radius 3 is 2.52 bits per heavy atom. The van der Waals surface area contributed by atoms with Crippen LogP contribution >= 0.6 is 0 Å². The largest absolute Gasteiger partial charge is 0.494 e. The minimum absolute atomic E-state index is 0.762. The third-order valence-corrected chi connectivity index (χ3v) is 3.80. The summed E-state index contributed by atoms with van der Waals surface area (Å²) in [5.74, 6) is 0.928. The molecule has 23 heavy (non-hydrogen) atoms. The van der Waals surface area contributed by atoms with Crippen molar-refractivity contribution in [1.29, 1.82) is 0 Å². The van der Waals surface area contributed by atoms with Crippen molar-refractivity contribution in [2.45, 2.75) is 33.6 Å². The first kappa shape index (κ1) is 17.2. The third kappa shape index (κ3) is 5.20. The molecule has 2 N–H and O–H groups in total. The van der Waals surface area contributed by atoms with Crippen molar-refractivity contribution in [2.75, 3.05) is 30.3 Å². The third-order valence-electron chi connectivity index (χ3n) is 3.80. The summed E-state index contributed by atoms with van der Waals surface area (Å²) in [6.45, 7) is 8.98. The Kier molecular flexibility index (Phi) is 6.79. The van der Waals surface area contributed by atoms with Crippen LogP contribution in [0.1, 0.15) is 31.4 Å². The summed E-state index contributed by atoms with van der Waals surface area (Å²) < 4.78 is 5.66. The molecule has 0 aliphatic carbocycles. The molecule has 3 heteroatoms. The second-order valence-corrected chi connectivity index (χ2v) is 5.69. The van der Waals surface area contributed by atoms with Crippen molar-refractivity contribution in [3.63, 3.8) is 0 Å². The van der Waals surface area contributed by atoms with Crippen LogP contribution in [0.15, 0.2) is 42.5 Å². The second kappa shape index (κ2) is 9.09. The fourth-order valence-electron chi connectivity index (χ4n) is 2.59. The summed E-state index contributed by atoms with van der Waals surface area (Å²) >= 11 is 0. The first-order valence-corrected chi connectivity index (χ1v) is 8.53. The summed E-state index contributed by atoms with van der Waals surface area (Å²) in [5.41, 5.74) is 5.05. The van der Waals surface area contributed by atoms with E-state index in [4.69, 9.17) is 4.74 Å². The van der Waals surface area contributed by atoms with Crippen LogP contribution in [0.4, 0.5) is 11.4 Å². The van der Waals surface area contributed by atoms with Crippen LogP contribution in [0.5, 0.6) is 5.75 Å². The number of benzene rings is 2. The molecule has 0 amide bonds. The van der Waals surface area contributed by atoms with Gasteiger partial charge in [-0.3, -0.25) is 0 Å². The van der Waals surface area contributed by atoms with Crippen LogP contribution in [0, 0.1) is 6.92 Å².